The summed E-state index contributed by atoms with van der Waals surface area (Å²) in [7, 11) is 0. The van der Waals surface area contributed by atoms with Crippen LogP contribution in [0.4, 0.5) is 0 Å². The molecule has 58 heavy (non-hydrogen) atoms. The first-order valence-electron chi connectivity index (χ1n) is 19.9. The largest absolute Gasteiger partial charge is 0.457 e. The highest BCUT2D eigenvalue weighted by Gasteiger charge is 2.24. The molecule has 10 rings (SSSR count). The summed E-state index contributed by atoms with van der Waals surface area (Å²) in [6.07, 6.45) is 1.86. The zero-order valence-corrected chi connectivity index (χ0v) is 33.6. The number of imidazole rings is 2. The van der Waals surface area contributed by atoms with Gasteiger partial charge in [0, 0.05) is 28.0 Å². The van der Waals surface area contributed by atoms with Gasteiger partial charge in [-0.2, -0.15) is 0 Å². The Morgan fingerprint density at radius 1 is 0.534 bits per heavy atom. The minimum Gasteiger partial charge on any atom is -0.457 e. The molecule has 0 atom stereocenters. The summed E-state index contributed by atoms with van der Waals surface area (Å²) in [5.41, 5.74) is 12.9. The topological polar surface area (TPSA) is 58.0 Å². The molecule has 7 aromatic carbocycles. The standard InChI is InChI=1S/C52H44N4O2/c1-51(2,3)35-24-25-44(40(29-35)33-16-8-7-9-17-33)56-46-22-14-12-20-43(46)54-50(56)34-26-36(52(4,5)6)28-37(27-34)57-38-30-41-39-18-10-15-23-48(39)58-49(41)47(31-38)55-32-53-42-19-11-13-21-45(42)55/h7-32H,1-6H3. The Hall–Kier alpha value is -6.92. The molecule has 10 aromatic rings. The van der Waals surface area contributed by atoms with Gasteiger partial charge in [0.15, 0.2) is 5.58 Å². The molecule has 3 heterocycles. The quantitative estimate of drug-likeness (QED) is 0.169. The molecule has 6 heteroatoms. The van der Waals surface area contributed by atoms with Crippen molar-refractivity contribution in [2.75, 3.05) is 0 Å². The van der Waals surface area contributed by atoms with Gasteiger partial charge in [-0.25, -0.2) is 9.97 Å². The second-order valence-electron chi connectivity index (χ2n) is 17.2. The van der Waals surface area contributed by atoms with Crippen molar-refractivity contribution in [3.8, 4) is 45.4 Å². The lowest BCUT2D eigenvalue weighted by atomic mass is 9.84. The normalized spacial score (nSPS) is 12.3. The van der Waals surface area contributed by atoms with E-state index in [9.17, 15) is 0 Å². The molecule has 284 valence electrons. The number of rotatable bonds is 6. The first-order chi connectivity index (χ1) is 28.0. The highest BCUT2D eigenvalue weighted by molar-refractivity contribution is 6.08. The summed E-state index contributed by atoms with van der Waals surface area (Å²) < 4.78 is 18.0. The molecule has 0 saturated heterocycles. The number of nitrogens with zero attached hydrogens (tertiary/aromatic N) is 4. The lowest BCUT2D eigenvalue weighted by Crippen LogP contribution is -2.12. The van der Waals surface area contributed by atoms with Crippen molar-refractivity contribution >= 4 is 44.0 Å². The van der Waals surface area contributed by atoms with Gasteiger partial charge < -0.3 is 9.15 Å². The molecule has 0 fully saturated rings. The molecule has 0 aliphatic carbocycles. The van der Waals surface area contributed by atoms with Crippen molar-refractivity contribution in [1.82, 2.24) is 19.1 Å². The third-order valence-electron chi connectivity index (χ3n) is 11.2. The van der Waals surface area contributed by atoms with Gasteiger partial charge in [0.2, 0.25) is 0 Å². The molecule has 0 aliphatic heterocycles. The van der Waals surface area contributed by atoms with Crippen LogP contribution < -0.4 is 4.74 Å². The monoisotopic (exact) mass is 756 g/mol. The Labute approximate surface area is 338 Å². The van der Waals surface area contributed by atoms with Crippen molar-refractivity contribution in [3.05, 3.63) is 169 Å². The minimum absolute atomic E-state index is 0.0221. The van der Waals surface area contributed by atoms with Gasteiger partial charge >= 0.3 is 0 Å². The van der Waals surface area contributed by atoms with Crippen molar-refractivity contribution in [2.24, 2.45) is 0 Å². The van der Waals surface area contributed by atoms with Gasteiger partial charge in [0.25, 0.3) is 0 Å². The van der Waals surface area contributed by atoms with E-state index >= 15 is 0 Å². The smallest absolute Gasteiger partial charge is 0.159 e. The maximum absolute atomic E-state index is 7.01. The van der Waals surface area contributed by atoms with Crippen LogP contribution in [0.25, 0.3) is 77.9 Å². The molecule has 0 amide bonds. The van der Waals surface area contributed by atoms with E-state index in [1.807, 2.05) is 42.7 Å². The number of fused-ring (bicyclic) bond motifs is 5. The second kappa shape index (κ2) is 13.3. The van der Waals surface area contributed by atoms with E-state index < -0.39 is 0 Å². The SMILES string of the molecule is CC(C)(C)c1cc(Oc2cc(-n3cnc4ccccc43)c3oc4ccccc4c3c2)cc(-c2nc3ccccc3n2-c2ccc(C(C)(C)C)cc2-c2ccccc2)c1. The van der Waals surface area contributed by atoms with E-state index in [1.54, 1.807) is 0 Å². The van der Waals surface area contributed by atoms with Crippen LogP contribution >= 0.6 is 0 Å². The summed E-state index contributed by atoms with van der Waals surface area (Å²) in [6, 6.07) is 52.9. The second-order valence-corrected chi connectivity index (χ2v) is 17.2. The van der Waals surface area contributed by atoms with Crippen LogP contribution in [-0.4, -0.2) is 19.1 Å². The van der Waals surface area contributed by atoms with Gasteiger partial charge in [-0.1, -0.05) is 120 Å². The Bertz CT molecular complexity index is 3170. The van der Waals surface area contributed by atoms with Crippen LogP contribution in [0.5, 0.6) is 11.5 Å². The number of benzene rings is 7. The van der Waals surface area contributed by atoms with Crippen LogP contribution in [0.2, 0.25) is 0 Å². The first kappa shape index (κ1) is 35.5. The number of hydrogen-bond donors (Lipinski definition) is 0. The molecule has 0 unspecified atom stereocenters. The van der Waals surface area contributed by atoms with Crippen molar-refractivity contribution < 1.29 is 9.15 Å². The molecular weight excluding hydrogens is 713 g/mol. The Kier molecular flexibility index (Phi) is 8.17. The van der Waals surface area contributed by atoms with E-state index in [0.29, 0.717) is 5.75 Å². The highest BCUT2D eigenvalue weighted by atomic mass is 16.5. The highest BCUT2D eigenvalue weighted by Crippen LogP contribution is 2.42. The Morgan fingerprint density at radius 2 is 1.22 bits per heavy atom. The average Bonchev–Trinajstić information content (AvgIpc) is 3.94. The zero-order chi connectivity index (χ0) is 39.8. The van der Waals surface area contributed by atoms with Crippen molar-refractivity contribution in [3.63, 3.8) is 0 Å². The fourth-order valence-corrected chi connectivity index (χ4v) is 8.04. The third kappa shape index (κ3) is 6.13. The number of ether oxygens (including phenoxy) is 1. The summed E-state index contributed by atoms with van der Waals surface area (Å²) in [5, 5.41) is 2.00. The Balaban J connectivity index is 1.18. The molecule has 0 N–H and O–H groups in total. The van der Waals surface area contributed by atoms with Crippen LogP contribution in [0, 0.1) is 0 Å². The number of para-hydroxylation sites is 5. The van der Waals surface area contributed by atoms with Crippen molar-refractivity contribution in [2.45, 2.75) is 52.4 Å². The summed E-state index contributed by atoms with van der Waals surface area (Å²) in [4.78, 5) is 10.1. The van der Waals surface area contributed by atoms with Crippen LogP contribution in [-0.2, 0) is 10.8 Å². The van der Waals surface area contributed by atoms with Gasteiger partial charge in [0.1, 0.15) is 29.2 Å². The van der Waals surface area contributed by atoms with Crippen molar-refractivity contribution in [1.29, 1.82) is 0 Å². The number of furan rings is 1. The third-order valence-corrected chi connectivity index (χ3v) is 11.2. The van der Waals surface area contributed by atoms with E-state index in [2.05, 4.69) is 166 Å². The lowest BCUT2D eigenvalue weighted by Gasteiger charge is -2.24. The molecule has 0 saturated carbocycles. The van der Waals surface area contributed by atoms with Crippen LogP contribution in [0.1, 0.15) is 52.7 Å². The first-order valence-corrected chi connectivity index (χ1v) is 19.9. The van der Waals surface area contributed by atoms with E-state index in [4.69, 9.17) is 19.1 Å². The molecule has 3 aromatic heterocycles. The van der Waals surface area contributed by atoms with E-state index in [0.717, 1.165) is 89.2 Å². The number of aromatic nitrogens is 4. The van der Waals surface area contributed by atoms with E-state index in [1.165, 1.54) is 5.56 Å². The summed E-state index contributed by atoms with van der Waals surface area (Å²) in [6.45, 7) is 13.5. The van der Waals surface area contributed by atoms with Crippen LogP contribution in [0.15, 0.2) is 162 Å². The Morgan fingerprint density at radius 3 is 2.02 bits per heavy atom. The lowest BCUT2D eigenvalue weighted by molar-refractivity contribution is 0.479. The van der Waals surface area contributed by atoms with Gasteiger partial charge in [-0.15, -0.1) is 0 Å². The molecule has 0 bridgehead atoms. The summed E-state index contributed by atoms with van der Waals surface area (Å²) >= 11 is 0. The number of hydrogen-bond acceptors (Lipinski definition) is 4. The maximum atomic E-state index is 7.01. The molecule has 6 nitrogen and oxygen atoms in total. The van der Waals surface area contributed by atoms with Gasteiger partial charge in [-0.3, -0.25) is 9.13 Å². The zero-order valence-electron chi connectivity index (χ0n) is 33.6. The molecular formula is C52H44N4O2. The summed E-state index contributed by atoms with van der Waals surface area (Å²) in [5.74, 6) is 2.27. The van der Waals surface area contributed by atoms with E-state index in [-0.39, 0.29) is 10.8 Å². The molecule has 0 spiro atoms. The fourth-order valence-electron chi connectivity index (χ4n) is 8.04. The maximum Gasteiger partial charge on any atom is 0.159 e. The van der Waals surface area contributed by atoms with Crippen LogP contribution in [0.3, 0.4) is 0 Å². The molecule has 0 aliphatic rings. The predicted octanol–water partition coefficient (Wildman–Crippen LogP) is 14.0. The molecule has 0 radical (unpaired) electrons. The average molecular weight is 757 g/mol. The van der Waals surface area contributed by atoms with Gasteiger partial charge in [-0.05, 0) is 94.3 Å². The van der Waals surface area contributed by atoms with Gasteiger partial charge in [0.05, 0.1) is 33.4 Å². The predicted molar refractivity (Wildman–Crippen MR) is 238 cm³/mol. The minimum atomic E-state index is -0.180. The fraction of sp³-hybridized carbons (Fsp3) is 0.154.